The van der Waals surface area contributed by atoms with E-state index in [9.17, 15) is 8.78 Å². The van der Waals surface area contributed by atoms with Crippen LogP contribution >= 0.6 is 0 Å². The van der Waals surface area contributed by atoms with Gasteiger partial charge in [-0.25, -0.2) is 18.4 Å². The zero-order valence-electron chi connectivity index (χ0n) is 12.4. The Morgan fingerprint density at radius 1 is 1.36 bits per heavy atom. The van der Waals surface area contributed by atoms with Gasteiger partial charge in [0.05, 0.1) is 0 Å². The van der Waals surface area contributed by atoms with Crippen molar-refractivity contribution in [3.8, 4) is 11.4 Å². The maximum atomic E-state index is 13.4. The van der Waals surface area contributed by atoms with E-state index in [2.05, 4.69) is 15.1 Å². The summed E-state index contributed by atoms with van der Waals surface area (Å²) < 4.78 is 33.6. The molecule has 2 aromatic rings. The van der Waals surface area contributed by atoms with Crippen molar-refractivity contribution in [3.63, 3.8) is 0 Å². The molecule has 0 aromatic carbocycles. The Morgan fingerprint density at radius 3 is 2.77 bits per heavy atom. The van der Waals surface area contributed by atoms with Gasteiger partial charge in [0.25, 0.3) is 5.92 Å². The fourth-order valence-corrected chi connectivity index (χ4v) is 2.61. The minimum atomic E-state index is -2.83. The lowest BCUT2D eigenvalue weighted by Gasteiger charge is -2.22. The molecule has 1 saturated heterocycles. The highest BCUT2D eigenvalue weighted by molar-refractivity contribution is 5.52. The Balaban J connectivity index is 1.96. The van der Waals surface area contributed by atoms with Crippen LogP contribution in [0.3, 0.4) is 0 Å². The van der Waals surface area contributed by atoms with Crippen LogP contribution in [-0.4, -0.2) is 38.9 Å². The fourth-order valence-electron chi connectivity index (χ4n) is 2.61. The van der Waals surface area contributed by atoms with E-state index in [0.717, 1.165) is 25.3 Å². The Kier molecular flexibility index (Phi) is 4.15. The van der Waals surface area contributed by atoms with E-state index in [4.69, 9.17) is 4.74 Å². The van der Waals surface area contributed by atoms with E-state index in [0.29, 0.717) is 24.9 Å². The maximum Gasteiger partial charge on any atom is 0.264 e. The molecule has 0 radical (unpaired) electrons. The number of rotatable bonds is 4. The van der Waals surface area contributed by atoms with E-state index in [-0.39, 0.29) is 5.92 Å². The summed E-state index contributed by atoms with van der Waals surface area (Å²) in [5.74, 6) is -1.67. The van der Waals surface area contributed by atoms with Crippen LogP contribution < -0.4 is 0 Å². The summed E-state index contributed by atoms with van der Waals surface area (Å²) in [6.07, 6.45) is 4.85. The minimum Gasteiger partial charge on any atom is -0.381 e. The Labute approximate surface area is 127 Å². The van der Waals surface area contributed by atoms with Gasteiger partial charge in [-0.15, -0.1) is 0 Å². The van der Waals surface area contributed by atoms with Gasteiger partial charge in [-0.05, 0) is 25.0 Å². The third kappa shape index (κ3) is 3.47. The maximum absolute atomic E-state index is 13.4. The molecule has 0 bridgehead atoms. The summed E-state index contributed by atoms with van der Waals surface area (Å²) in [4.78, 5) is 8.54. The van der Waals surface area contributed by atoms with E-state index < -0.39 is 12.5 Å². The van der Waals surface area contributed by atoms with Crippen LogP contribution in [0.25, 0.3) is 11.4 Å². The van der Waals surface area contributed by atoms with Crippen LogP contribution in [0, 0.1) is 0 Å². The van der Waals surface area contributed by atoms with Gasteiger partial charge in [0, 0.05) is 44.0 Å². The highest BCUT2D eigenvalue weighted by Gasteiger charge is 2.29. The molecule has 3 heterocycles. The zero-order valence-corrected chi connectivity index (χ0v) is 12.4. The molecule has 3 rings (SSSR count). The van der Waals surface area contributed by atoms with Gasteiger partial charge in [0.2, 0.25) is 0 Å². The second-order valence-electron chi connectivity index (χ2n) is 5.65. The number of ether oxygens (including phenoxy) is 1. The smallest absolute Gasteiger partial charge is 0.264 e. The first-order valence-electron chi connectivity index (χ1n) is 7.34. The first-order chi connectivity index (χ1) is 10.5. The van der Waals surface area contributed by atoms with Crippen molar-refractivity contribution in [1.29, 1.82) is 0 Å². The molecule has 0 saturated carbocycles. The number of halogens is 2. The summed E-state index contributed by atoms with van der Waals surface area (Å²) in [5.41, 5.74) is 0.731. The summed E-state index contributed by atoms with van der Waals surface area (Å²) >= 11 is 0. The van der Waals surface area contributed by atoms with Gasteiger partial charge in [0.15, 0.2) is 5.82 Å². The molecule has 0 N–H and O–H groups in total. The Hall–Kier alpha value is -1.89. The number of pyridine rings is 1. The predicted octanol–water partition coefficient (Wildman–Crippen LogP) is 2.89. The van der Waals surface area contributed by atoms with E-state index >= 15 is 0 Å². The average molecular weight is 308 g/mol. The van der Waals surface area contributed by atoms with Crippen molar-refractivity contribution in [1.82, 2.24) is 19.7 Å². The van der Waals surface area contributed by atoms with Crippen molar-refractivity contribution in [2.75, 3.05) is 13.2 Å². The van der Waals surface area contributed by atoms with Crippen LogP contribution in [0.1, 0.15) is 31.5 Å². The third-order valence-electron chi connectivity index (χ3n) is 3.63. The lowest BCUT2D eigenvalue weighted by molar-refractivity contribution is -0.00144. The Morgan fingerprint density at radius 2 is 2.14 bits per heavy atom. The molecule has 0 aliphatic carbocycles. The van der Waals surface area contributed by atoms with Crippen molar-refractivity contribution in [3.05, 3.63) is 30.4 Å². The largest absolute Gasteiger partial charge is 0.381 e. The van der Waals surface area contributed by atoms with Gasteiger partial charge < -0.3 is 4.74 Å². The van der Waals surface area contributed by atoms with Gasteiger partial charge >= 0.3 is 0 Å². The molecule has 0 spiro atoms. The molecule has 22 heavy (non-hydrogen) atoms. The number of aromatic nitrogens is 4. The lowest BCUT2D eigenvalue weighted by Crippen LogP contribution is -2.25. The van der Waals surface area contributed by atoms with Gasteiger partial charge in [-0.2, -0.15) is 5.10 Å². The molecule has 7 heteroatoms. The fraction of sp³-hybridized carbons (Fsp3) is 0.533. The summed E-state index contributed by atoms with van der Waals surface area (Å²) in [6, 6.07) is 3.60. The molecule has 0 unspecified atom stereocenters. The molecule has 1 aliphatic heterocycles. The van der Waals surface area contributed by atoms with Gasteiger partial charge in [-0.1, -0.05) is 0 Å². The van der Waals surface area contributed by atoms with Crippen molar-refractivity contribution in [2.45, 2.75) is 38.2 Å². The van der Waals surface area contributed by atoms with Crippen LogP contribution in [-0.2, 0) is 11.3 Å². The van der Waals surface area contributed by atoms with Crippen molar-refractivity contribution < 1.29 is 13.5 Å². The second-order valence-corrected chi connectivity index (χ2v) is 5.65. The molecule has 0 amide bonds. The molecule has 2 aromatic heterocycles. The van der Waals surface area contributed by atoms with Crippen molar-refractivity contribution in [2.24, 2.45) is 0 Å². The summed E-state index contributed by atoms with van der Waals surface area (Å²) in [6.45, 7) is 1.68. The lowest BCUT2D eigenvalue weighted by atomic mass is 9.99. The number of alkyl halides is 2. The molecular formula is C15H18F2N4O. The monoisotopic (exact) mass is 308 g/mol. The zero-order chi connectivity index (χ0) is 15.6. The van der Waals surface area contributed by atoms with E-state index in [1.165, 1.54) is 4.68 Å². The quantitative estimate of drug-likeness (QED) is 0.871. The SMILES string of the molecule is CC(F)(F)Cn1nc(-c2cccnc2)nc1C1CCOCC1. The molecule has 1 fully saturated rings. The minimum absolute atomic E-state index is 0.106. The molecule has 118 valence electrons. The standard InChI is InChI=1S/C15H18F2N4O/c1-15(16,17)10-21-14(11-4-7-22-8-5-11)19-13(20-21)12-3-2-6-18-9-12/h2-3,6,9,11H,4-5,7-8,10H2,1H3. The topological polar surface area (TPSA) is 52.8 Å². The van der Waals surface area contributed by atoms with Crippen LogP contribution in [0.5, 0.6) is 0 Å². The average Bonchev–Trinajstić information content (AvgIpc) is 2.91. The van der Waals surface area contributed by atoms with Crippen LogP contribution in [0.15, 0.2) is 24.5 Å². The number of hydrogen-bond donors (Lipinski definition) is 0. The molecule has 1 aliphatic rings. The number of hydrogen-bond acceptors (Lipinski definition) is 4. The number of nitrogens with zero attached hydrogens (tertiary/aromatic N) is 4. The Bertz CT molecular complexity index is 618. The van der Waals surface area contributed by atoms with E-state index in [1.807, 2.05) is 6.07 Å². The van der Waals surface area contributed by atoms with Crippen molar-refractivity contribution >= 4 is 0 Å². The van der Waals surface area contributed by atoms with Gasteiger partial charge in [-0.3, -0.25) is 4.98 Å². The first kappa shape index (κ1) is 15.0. The normalized spacial score (nSPS) is 16.9. The molecule has 5 nitrogen and oxygen atoms in total. The first-order valence-corrected chi connectivity index (χ1v) is 7.34. The van der Waals surface area contributed by atoms with E-state index in [1.54, 1.807) is 18.5 Å². The summed E-state index contributed by atoms with van der Waals surface area (Å²) in [5, 5.41) is 4.29. The van der Waals surface area contributed by atoms with Crippen LogP contribution in [0.4, 0.5) is 8.78 Å². The third-order valence-corrected chi connectivity index (χ3v) is 3.63. The molecular weight excluding hydrogens is 290 g/mol. The highest BCUT2D eigenvalue weighted by Crippen LogP contribution is 2.29. The predicted molar refractivity (Wildman–Crippen MR) is 76.7 cm³/mol. The van der Waals surface area contributed by atoms with Gasteiger partial charge in [0.1, 0.15) is 12.4 Å². The summed E-state index contributed by atoms with van der Waals surface area (Å²) in [7, 11) is 0. The van der Waals surface area contributed by atoms with Crippen LogP contribution in [0.2, 0.25) is 0 Å². The molecule has 0 atom stereocenters. The highest BCUT2D eigenvalue weighted by atomic mass is 19.3. The second kappa shape index (κ2) is 6.08.